The van der Waals surface area contributed by atoms with E-state index in [1.54, 1.807) is 18.2 Å². The van der Waals surface area contributed by atoms with E-state index in [9.17, 15) is 10.2 Å². The van der Waals surface area contributed by atoms with Crippen LogP contribution in [-0.2, 0) is 0 Å². The molecule has 0 saturated carbocycles. The average Bonchev–Trinajstić information content (AvgIpc) is 2.28. The number of aliphatic hydroxyl groups is 1. The van der Waals surface area contributed by atoms with Crippen molar-refractivity contribution in [1.29, 1.82) is 0 Å². The molecule has 1 aromatic rings. The van der Waals surface area contributed by atoms with Crippen molar-refractivity contribution < 1.29 is 10.2 Å². The van der Waals surface area contributed by atoms with Crippen molar-refractivity contribution >= 4 is 28.3 Å². The van der Waals surface area contributed by atoms with Gasteiger partial charge in [0, 0.05) is 4.47 Å². The SMILES string of the molecule is CC(C)CC[C@@H](O)[C@@H](N)c1cc(O)ccc1Br.Cl. The van der Waals surface area contributed by atoms with Crippen LogP contribution in [0.4, 0.5) is 0 Å². The maximum atomic E-state index is 10.0. The van der Waals surface area contributed by atoms with Gasteiger partial charge in [-0.2, -0.15) is 0 Å². The lowest BCUT2D eigenvalue weighted by molar-refractivity contribution is 0.128. The van der Waals surface area contributed by atoms with Gasteiger partial charge < -0.3 is 15.9 Å². The number of benzene rings is 1. The first-order valence-corrected chi connectivity index (χ1v) is 6.63. The number of phenols is 1. The Morgan fingerprint density at radius 2 is 1.89 bits per heavy atom. The van der Waals surface area contributed by atoms with Gasteiger partial charge in [-0.15, -0.1) is 12.4 Å². The Labute approximate surface area is 123 Å². The molecule has 0 fully saturated rings. The minimum atomic E-state index is -0.588. The van der Waals surface area contributed by atoms with Crippen LogP contribution in [0.5, 0.6) is 5.75 Å². The summed E-state index contributed by atoms with van der Waals surface area (Å²) >= 11 is 3.38. The molecule has 0 aliphatic carbocycles. The second-order valence-corrected chi connectivity index (χ2v) is 5.62. The van der Waals surface area contributed by atoms with Crippen LogP contribution in [-0.4, -0.2) is 16.3 Å². The number of halogens is 2. The predicted molar refractivity (Wildman–Crippen MR) is 80.1 cm³/mol. The van der Waals surface area contributed by atoms with Gasteiger partial charge in [0.15, 0.2) is 0 Å². The van der Waals surface area contributed by atoms with E-state index < -0.39 is 12.1 Å². The highest BCUT2D eigenvalue weighted by Gasteiger charge is 2.19. The van der Waals surface area contributed by atoms with Gasteiger partial charge in [0.05, 0.1) is 12.1 Å². The zero-order valence-corrected chi connectivity index (χ0v) is 13.0. The normalized spacial score (nSPS) is 14.1. The minimum Gasteiger partial charge on any atom is -0.508 e. The lowest BCUT2D eigenvalue weighted by atomic mass is 9.96. The molecule has 2 atom stereocenters. The van der Waals surface area contributed by atoms with E-state index in [0.717, 1.165) is 16.5 Å². The molecule has 4 N–H and O–H groups in total. The molecule has 0 heterocycles. The molecule has 1 aromatic carbocycles. The van der Waals surface area contributed by atoms with Gasteiger partial charge >= 0.3 is 0 Å². The zero-order valence-electron chi connectivity index (χ0n) is 10.6. The summed E-state index contributed by atoms with van der Waals surface area (Å²) in [5.41, 5.74) is 6.74. The summed E-state index contributed by atoms with van der Waals surface area (Å²) in [5, 5.41) is 19.4. The molecule has 0 aliphatic heterocycles. The monoisotopic (exact) mass is 337 g/mol. The first kappa shape index (κ1) is 17.7. The fourth-order valence-electron chi connectivity index (χ4n) is 1.68. The summed E-state index contributed by atoms with van der Waals surface area (Å²) in [6, 6.07) is 4.43. The third kappa shape index (κ3) is 5.14. The van der Waals surface area contributed by atoms with Crippen LogP contribution in [0.15, 0.2) is 22.7 Å². The van der Waals surface area contributed by atoms with Crippen molar-refractivity contribution in [3.05, 3.63) is 28.2 Å². The topological polar surface area (TPSA) is 66.5 Å². The van der Waals surface area contributed by atoms with Gasteiger partial charge in [-0.3, -0.25) is 0 Å². The summed E-state index contributed by atoms with van der Waals surface area (Å²) in [7, 11) is 0. The molecule has 5 heteroatoms. The average molecular weight is 339 g/mol. The van der Waals surface area contributed by atoms with Gasteiger partial charge in [-0.05, 0) is 42.5 Å². The van der Waals surface area contributed by atoms with E-state index in [1.165, 1.54) is 0 Å². The van der Waals surface area contributed by atoms with Crippen LogP contribution in [0.2, 0.25) is 0 Å². The molecule has 0 radical (unpaired) electrons. The fourth-order valence-corrected chi connectivity index (χ4v) is 2.19. The van der Waals surface area contributed by atoms with Gasteiger partial charge in [0.25, 0.3) is 0 Å². The molecular formula is C13H21BrClNO2. The number of aliphatic hydroxyl groups excluding tert-OH is 1. The second kappa shape index (κ2) is 8.00. The first-order valence-electron chi connectivity index (χ1n) is 5.84. The molecule has 0 aliphatic rings. The Hall–Kier alpha value is -0.290. The molecule has 0 bridgehead atoms. The summed E-state index contributed by atoms with van der Waals surface area (Å²) in [6.07, 6.45) is 1.02. The van der Waals surface area contributed by atoms with E-state index >= 15 is 0 Å². The van der Waals surface area contributed by atoms with Crippen LogP contribution >= 0.6 is 28.3 Å². The number of rotatable bonds is 5. The second-order valence-electron chi connectivity index (χ2n) is 4.77. The van der Waals surface area contributed by atoms with Gasteiger partial charge in [-0.25, -0.2) is 0 Å². The lowest BCUT2D eigenvalue weighted by Gasteiger charge is -2.21. The Bertz CT molecular complexity index is 374. The first-order chi connectivity index (χ1) is 7.91. The van der Waals surface area contributed by atoms with Crippen LogP contribution in [0.3, 0.4) is 0 Å². The number of aromatic hydroxyl groups is 1. The molecule has 0 saturated heterocycles. The molecule has 104 valence electrons. The van der Waals surface area contributed by atoms with Crippen molar-refractivity contribution in [3.8, 4) is 5.75 Å². The summed E-state index contributed by atoms with van der Waals surface area (Å²) in [6.45, 7) is 4.23. The largest absolute Gasteiger partial charge is 0.508 e. The minimum absolute atomic E-state index is 0. The highest BCUT2D eigenvalue weighted by molar-refractivity contribution is 9.10. The van der Waals surface area contributed by atoms with E-state index in [4.69, 9.17) is 5.73 Å². The van der Waals surface area contributed by atoms with Crippen molar-refractivity contribution in [2.24, 2.45) is 11.7 Å². The summed E-state index contributed by atoms with van der Waals surface area (Å²) in [4.78, 5) is 0. The molecule has 1 rings (SSSR count). The van der Waals surface area contributed by atoms with E-state index in [0.29, 0.717) is 12.3 Å². The number of phenolic OH excluding ortho intramolecular Hbond substituents is 1. The number of hydrogen-bond acceptors (Lipinski definition) is 3. The molecule has 18 heavy (non-hydrogen) atoms. The Morgan fingerprint density at radius 3 is 2.44 bits per heavy atom. The molecular weight excluding hydrogens is 318 g/mol. The molecule has 0 unspecified atom stereocenters. The number of nitrogens with two attached hydrogens (primary N) is 1. The van der Waals surface area contributed by atoms with Gasteiger partial charge in [0.1, 0.15) is 5.75 Å². The van der Waals surface area contributed by atoms with Gasteiger partial charge in [0.2, 0.25) is 0 Å². The van der Waals surface area contributed by atoms with Crippen LogP contribution in [0, 0.1) is 5.92 Å². The van der Waals surface area contributed by atoms with Crippen LogP contribution in [0.25, 0.3) is 0 Å². The Balaban J connectivity index is 0.00000289. The highest BCUT2D eigenvalue weighted by Crippen LogP contribution is 2.29. The lowest BCUT2D eigenvalue weighted by Crippen LogP contribution is -2.26. The maximum Gasteiger partial charge on any atom is 0.115 e. The quantitative estimate of drug-likeness (QED) is 0.771. The van der Waals surface area contributed by atoms with Crippen molar-refractivity contribution in [1.82, 2.24) is 0 Å². The molecule has 0 spiro atoms. The Kier molecular flexibility index (Phi) is 7.87. The zero-order chi connectivity index (χ0) is 13.0. The van der Waals surface area contributed by atoms with Crippen LogP contribution < -0.4 is 5.73 Å². The third-order valence-electron chi connectivity index (χ3n) is 2.79. The van der Waals surface area contributed by atoms with Gasteiger partial charge in [-0.1, -0.05) is 29.8 Å². The van der Waals surface area contributed by atoms with E-state index in [2.05, 4.69) is 29.8 Å². The highest BCUT2D eigenvalue weighted by atomic mass is 79.9. The smallest absolute Gasteiger partial charge is 0.115 e. The fraction of sp³-hybridized carbons (Fsp3) is 0.538. The number of hydrogen-bond donors (Lipinski definition) is 3. The van der Waals surface area contributed by atoms with E-state index in [1.807, 2.05) is 0 Å². The standard InChI is InChI=1S/C13H20BrNO2.ClH/c1-8(2)3-6-12(17)13(15)10-7-9(16)4-5-11(10)14;/h4-5,7-8,12-13,16-17H,3,6,15H2,1-2H3;1H/t12-,13+;/m1./s1. The molecule has 0 aromatic heterocycles. The molecule has 0 amide bonds. The maximum absolute atomic E-state index is 10.0. The van der Waals surface area contributed by atoms with Crippen molar-refractivity contribution in [2.75, 3.05) is 0 Å². The third-order valence-corrected chi connectivity index (χ3v) is 3.52. The summed E-state index contributed by atoms with van der Waals surface area (Å²) in [5.74, 6) is 0.708. The van der Waals surface area contributed by atoms with Crippen molar-refractivity contribution in [3.63, 3.8) is 0 Å². The Morgan fingerprint density at radius 1 is 1.28 bits per heavy atom. The molecule has 3 nitrogen and oxygen atoms in total. The predicted octanol–water partition coefficient (Wildman–Crippen LogP) is 3.37. The van der Waals surface area contributed by atoms with Crippen molar-refractivity contribution in [2.45, 2.75) is 38.8 Å². The summed E-state index contributed by atoms with van der Waals surface area (Å²) < 4.78 is 0.811. The van der Waals surface area contributed by atoms with E-state index in [-0.39, 0.29) is 18.2 Å². The van der Waals surface area contributed by atoms with Crippen LogP contribution in [0.1, 0.15) is 38.3 Å².